The molecule has 0 unspecified atom stereocenters. The molecule has 0 aliphatic carbocycles. The van der Waals surface area contributed by atoms with Crippen LogP contribution in [-0.4, -0.2) is 17.7 Å². The lowest BCUT2D eigenvalue weighted by Gasteiger charge is -2.05. The number of hydrogen-bond acceptors (Lipinski definition) is 2. The molecule has 3 heteroatoms. The van der Waals surface area contributed by atoms with Crippen LogP contribution in [0.25, 0.3) is 0 Å². The fraction of sp³-hybridized carbons (Fsp3) is 0.727. The highest BCUT2D eigenvalue weighted by atomic mass is 16.5. The van der Waals surface area contributed by atoms with Gasteiger partial charge in [-0.2, -0.15) is 0 Å². The largest absolute Gasteiger partial charge is 0.494 e. The van der Waals surface area contributed by atoms with Crippen molar-refractivity contribution in [3.8, 4) is 5.75 Å². The molecule has 0 aromatic heterocycles. The summed E-state index contributed by atoms with van der Waals surface area (Å²) in [5.41, 5.74) is 0. The van der Waals surface area contributed by atoms with Gasteiger partial charge in [0, 0.05) is 6.42 Å². The zero-order chi connectivity index (χ0) is 26.4. The van der Waals surface area contributed by atoms with Crippen LogP contribution in [0, 0.1) is 0 Å². The van der Waals surface area contributed by atoms with Gasteiger partial charge < -0.3 is 9.84 Å². The summed E-state index contributed by atoms with van der Waals surface area (Å²) in [5, 5.41) is 8.51. The topological polar surface area (TPSA) is 46.5 Å². The number of unbranched alkanes of at least 4 members (excludes halogenated alkanes) is 17. The number of para-hydroxylation sites is 1. The van der Waals surface area contributed by atoms with Crippen LogP contribution in [0.5, 0.6) is 5.75 Å². The van der Waals surface area contributed by atoms with Crippen molar-refractivity contribution >= 4 is 5.97 Å². The quantitative estimate of drug-likeness (QED) is 0.113. The third kappa shape index (κ3) is 28.5. The number of hydrogen-bond donors (Lipinski definition) is 1. The fourth-order valence-electron chi connectivity index (χ4n) is 4.11. The van der Waals surface area contributed by atoms with Crippen LogP contribution in [0.2, 0.25) is 0 Å². The Hall–Kier alpha value is -1.77. The Labute approximate surface area is 224 Å². The Morgan fingerprint density at radius 3 is 1.58 bits per heavy atom. The molecule has 0 aliphatic heterocycles. The zero-order valence-electron chi connectivity index (χ0n) is 23.9. The van der Waals surface area contributed by atoms with Gasteiger partial charge in [-0.1, -0.05) is 134 Å². The second-order valence-electron chi connectivity index (χ2n) is 10.0. The number of aliphatic carboxylic acids is 1. The molecule has 0 fully saturated rings. The molecule has 0 amide bonds. The molecule has 0 radical (unpaired) electrons. The molecule has 0 aliphatic rings. The minimum Gasteiger partial charge on any atom is -0.494 e. The van der Waals surface area contributed by atoms with Gasteiger partial charge in [-0.25, -0.2) is 0 Å². The standard InChI is InChI=1S/C18H34O2.C15H24O/c1-2-3-4-5-6-7-8-9-10-11-12-13-14-15-16-17-18(19)20;1-2-3-4-5-6-7-11-14-16-15-12-9-8-10-13-15/h9-10H,2-8,11-17H2,1H3,(H,19,20);8-10,12-13H,2-7,11,14H2,1H3/b10-9-;. The van der Waals surface area contributed by atoms with Gasteiger partial charge in [-0.05, 0) is 50.7 Å². The Morgan fingerprint density at radius 2 is 1.08 bits per heavy atom. The Kier molecular flexibility index (Phi) is 28.0. The summed E-state index contributed by atoms with van der Waals surface area (Å²) in [6.07, 6.45) is 30.6. The van der Waals surface area contributed by atoms with Gasteiger partial charge in [-0.3, -0.25) is 4.79 Å². The summed E-state index contributed by atoms with van der Waals surface area (Å²) in [6.45, 7) is 5.38. The van der Waals surface area contributed by atoms with Crippen LogP contribution in [0.4, 0.5) is 0 Å². The normalized spacial score (nSPS) is 10.8. The molecule has 0 atom stereocenters. The monoisotopic (exact) mass is 502 g/mol. The SMILES string of the molecule is CCCCCCCC/C=C\CCCCCCCC(=O)O.CCCCCCCCCOc1ccccc1. The fourth-order valence-corrected chi connectivity index (χ4v) is 4.11. The number of carboxylic acid groups (broad SMARTS) is 1. The maximum absolute atomic E-state index is 10.3. The molecule has 1 aromatic rings. The van der Waals surface area contributed by atoms with E-state index in [0.717, 1.165) is 25.2 Å². The van der Waals surface area contributed by atoms with E-state index in [1.54, 1.807) is 0 Å². The minimum absolute atomic E-state index is 0.332. The van der Waals surface area contributed by atoms with Crippen molar-refractivity contribution in [1.82, 2.24) is 0 Å². The number of allylic oxidation sites excluding steroid dienone is 2. The predicted molar refractivity (Wildman–Crippen MR) is 157 cm³/mol. The molecule has 208 valence electrons. The summed E-state index contributed by atoms with van der Waals surface area (Å²) in [4.78, 5) is 10.3. The van der Waals surface area contributed by atoms with E-state index in [9.17, 15) is 4.79 Å². The third-order valence-corrected chi connectivity index (χ3v) is 6.41. The molecule has 0 heterocycles. The maximum Gasteiger partial charge on any atom is 0.303 e. The van der Waals surface area contributed by atoms with Crippen molar-refractivity contribution in [3.05, 3.63) is 42.5 Å². The second kappa shape index (κ2) is 29.5. The number of rotatable bonds is 24. The van der Waals surface area contributed by atoms with Gasteiger partial charge in [0.1, 0.15) is 5.75 Å². The van der Waals surface area contributed by atoms with Crippen molar-refractivity contribution in [2.75, 3.05) is 6.61 Å². The van der Waals surface area contributed by atoms with Crippen molar-refractivity contribution in [1.29, 1.82) is 0 Å². The predicted octanol–water partition coefficient (Wildman–Crippen LogP) is 10.9. The molecule has 1 N–H and O–H groups in total. The molecule has 0 bridgehead atoms. The molecule has 3 nitrogen and oxygen atoms in total. The van der Waals surface area contributed by atoms with Crippen LogP contribution in [-0.2, 0) is 4.79 Å². The molecule has 1 rings (SSSR count). The maximum atomic E-state index is 10.3. The highest BCUT2D eigenvalue weighted by Crippen LogP contribution is 2.11. The second-order valence-corrected chi connectivity index (χ2v) is 10.0. The number of carbonyl (C=O) groups is 1. The first-order valence-corrected chi connectivity index (χ1v) is 15.2. The highest BCUT2D eigenvalue weighted by Gasteiger charge is 1.96. The summed E-state index contributed by atoms with van der Waals surface area (Å²) >= 11 is 0. The van der Waals surface area contributed by atoms with Crippen molar-refractivity contribution in [2.24, 2.45) is 0 Å². The lowest BCUT2D eigenvalue weighted by molar-refractivity contribution is -0.137. The Balaban J connectivity index is 0.000000696. The first-order valence-electron chi connectivity index (χ1n) is 15.2. The summed E-state index contributed by atoms with van der Waals surface area (Å²) in [6, 6.07) is 10.1. The van der Waals surface area contributed by atoms with E-state index < -0.39 is 5.97 Å². The molecule has 36 heavy (non-hydrogen) atoms. The average molecular weight is 503 g/mol. The summed E-state index contributed by atoms with van der Waals surface area (Å²) in [7, 11) is 0. The van der Waals surface area contributed by atoms with Gasteiger partial charge >= 0.3 is 5.97 Å². The molecular formula is C33H58O3. The number of benzene rings is 1. The smallest absolute Gasteiger partial charge is 0.303 e. The van der Waals surface area contributed by atoms with Gasteiger partial charge in [0.25, 0.3) is 0 Å². The van der Waals surface area contributed by atoms with Crippen LogP contribution >= 0.6 is 0 Å². The molecule has 0 saturated carbocycles. The van der Waals surface area contributed by atoms with Crippen molar-refractivity contribution in [2.45, 2.75) is 149 Å². The van der Waals surface area contributed by atoms with E-state index in [2.05, 4.69) is 26.0 Å². The molecule has 0 saturated heterocycles. The average Bonchev–Trinajstić information content (AvgIpc) is 2.89. The minimum atomic E-state index is -0.664. The van der Waals surface area contributed by atoms with Crippen LogP contribution in [0.1, 0.15) is 149 Å². The van der Waals surface area contributed by atoms with Gasteiger partial charge in [-0.15, -0.1) is 0 Å². The van der Waals surface area contributed by atoms with Crippen LogP contribution in [0.15, 0.2) is 42.5 Å². The van der Waals surface area contributed by atoms with E-state index >= 15 is 0 Å². The van der Waals surface area contributed by atoms with Crippen molar-refractivity contribution in [3.63, 3.8) is 0 Å². The summed E-state index contributed by atoms with van der Waals surface area (Å²) in [5.74, 6) is 0.330. The van der Waals surface area contributed by atoms with E-state index in [1.165, 1.54) is 116 Å². The number of ether oxygens (including phenoxy) is 1. The zero-order valence-corrected chi connectivity index (χ0v) is 23.9. The van der Waals surface area contributed by atoms with E-state index in [1.807, 2.05) is 30.3 Å². The lowest BCUT2D eigenvalue weighted by Crippen LogP contribution is -1.96. The van der Waals surface area contributed by atoms with Gasteiger partial charge in [0.2, 0.25) is 0 Å². The van der Waals surface area contributed by atoms with Crippen LogP contribution < -0.4 is 4.74 Å². The third-order valence-electron chi connectivity index (χ3n) is 6.41. The Morgan fingerprint density at radius 1 is 0.639 bits per heavy atom. The Bertz CT molecular complexity index is 582. The first-order chi connectivity index (χ1) is 17.7. The molecule has 0 spiro atoms. The van der Waals surface area contributed by atoms with Crippen LogP contribution in [0.3, 0.4) is 0 Å². The molecular weight excluding hydrogens is 444 g/mol. The van der Waals surface area contributed by atoms with E-state index in [4.69, 9.17) is 9.84 Å². The lowest BCUT2D eigenvalue weighted by atomic mass is 10.1. The van der Waals surface area contributed by atoms with E-state index in [0.29, 0.717) is 6.42 Å². The van der Waals surface area contributed by atoms with Gasteiger partial charge in [0.05, 0.1) is 6.61 Å². The highest BCUT2D eigenvalue weighted by molar-refractivity contribution is 5.66. The number of carboxylic acids is 1. The first kappa shape index (κ1) is 34.2. The van der Waals surface area contributed by atoms with E-state index in [-0.39, 0.29) is 0 Å². The molecule has 1 aromatic carbocycles. The van der Waals surface area contributed by atoms with Crippen molar-refractivity contribution < 1.29 is 14.6 Å². The summed E-state index contributed by atoms with van der Waals surface area (Å²) < 4.78 is 5.63. The van der Waals surface area contributed by atoms with Gasteiger partial charge in [0.15, 0.2) is 0 Å².